The smallest absolute Gasteiger partial charge is 0.0646 e. The molecule has 0 radical (unpaired) electrons. The highest BCUT2D eigenvalue weighted by Crippen LogP contribution is 2.28. The van der Waals surface area contributed by atoms with Crippen LogP contribution < -0.4 is 5.73 Å². The Labute approximate surface area is 93.6 Å². The van der Waals surface area contributed by atoms with Crippen molar-refractivity contribution in [2.24, 2.45) is 11.7 Å². The summed E-state index contributed by atoms with van der Waals surface area (Å²) in [5.41, 5.74) is 6.33. The second-order valence-corrected chi connectivity index (χ2v) is 5.59. The minimum absolute atomic E-state index is 0.0108. The van der Waals surface area contributed by atoms with E-state index in [1.54, 1.807) is 0 Å². The average molecular weight is 211 g/mol. The standard InChI is InChI=1S/C13H25NO/c14-13(8-4-1-5-9-13)11-15-10-12-6-2-3-7-12/h12H,1-11,14H2. The van der Waals surface area contributed by atoms with Crippen molar-refractivity contribution in [1.29, 1.82) is 0 Å². The molecule has 0 bridgehead atoms. The third-order valence-corrected chi connectivity index (χ3v) is 4.07. The van der Waals surface area contributed by atoms with E-state index in [1.807, 2.05) is 0 Å². The molecule has 2 fully saturated rings. The van der Waals surface area contributed by atoms with E-state index in [4.69, 9.17) is 10.5 Å². The first-order chi connectivity index (χ1) is 7.29. The van der Waals surface area contributed by atoms with Gasteiger partial charge in [-0.25, -0.2) is 0 Å². The summed E-state index contributed by atoms with van der Waals surface area (Å²) in [5, 5.41) is 0. The Bertz CT molecular complexity index is 181. The van der Waals surface area contributed by atoms with Gasteiger partial charge in [-0.05, 0) is 31.6 Å². The van der Waals surface area contributed by atoms with Gasteiger partial charge in [-0.15, -0.1) is 0 Å². The zero-order chi connectivity index (χ0) is 10.6. The van der Waals surface area contributed by atoms with Gasteiger partial charge in [0, 0.05) is 12.1 Å². The lowest BCUT2D eigenvalue weighted by molar-refractivity contribution is 0.0474. The molecule has 0 atom stereocenters. The lowest BCUT2D eigenvalue weighted by Gasteiger charge is -2.33. The molecule has 0 unspecified atom stereocenters. The molecule has 0 aromatic carbocycles. The van der Waals surface area contributed by atoms with Crippen LogP contribution in [0.15, 0.2) is 0 Å². The molecular weight excluding hydrogens is 186 g/mol. The van der Waals surface area contributed by atoms with E-state index in [9.17, 15) is 0 Å². The summed E-state index contributed by atoms with van der Waals surface area (Å²) < 4.78 is 5.84. The van der Waals surface area contributed by atoms with Gasteiger partial charge in [0.15, 0.2) is 0 Å². The molecule has 2 rings (SSSR count). The average Bonchev–Trinajstić information content (AvgIpc) is 2.71. The van der Waals surface area contributed by atoms with Crippen LogP contribution in [0.1, 0.15) is 57.8 Å². The molecule has 0 heterocycles. The first-order valence-electron chi connectivity index (χ1n) is 6.65. The van der Waals surface area contributed by atoms with Crippen LogP contribution in [-0.4, -0.2) is 18.8 Å². The van der Waals surface area contributed by atoms with Crippen molar-refractivity contribution in [2.75, 3.05) is 13.2 Å². The van der Waals surface area contributed by atoms with Crippen LogP contribution in [0.4, 0.5) is 0 Å². The second kappa shape index (κ2) is 5.31. The summed E-state index contributed by atoms with van der Waals surface area (Å²) in [4.78, 5) is 0. The predicted octanol–water partition coefficient (Wildman–Crippen LogP) is 2.85. The Morgan fingerprint density at radius 1 is 1.00 bits per heavy atom. The van der Waals surface area contributed by atoms with E-state index >= 15 is 0 Å². The SMILES string of the molecule is NC1(COCC2CCCC2)CCCCC1. The van der Waals surface area contributed by atoms with Crippen molar-refractivity contribution < 1.29 is 4.74 Å². The van der Waals surface area contributed by atoms with E-state index in [1.165, 1.54) is 44.9 Å². The van der Waals surface area contributed by atoms with Crippen LogP contribution in [0.2, 0.25) is 0 Å². The van der Waals surface area contributed by atoms with Gasteiger partial charge >= 0.3 is 0 Å². The number of hydrogen-bond acceptors (Lipinski definition) is 2. The van der Waals surface area contributed by atoms with E-state index in [0.29, 0.717) is 0 Å². The Hall–Kier alpha value is -0.0800. The molecule has 88 valence electrons. The summed E-state index contributed by atoms with van der Waals surface area (Å²) in [5.74, 6) is 0.831. The quantitative estimate of drug-likeness (QED) is 0.776. The second-order valence-electron chi connectivity index (χ2n) is 5.59. The molecule has 0 saturated heterocycles. The lowest BCUT2D eigenvalue weighted by Crippen LogP contribution is -2.46. The third-order valence-electron chi connectivity index (χ3n) is 4.07. The number of nitrogens with two attached hydrogens (primary N) is 1. The fourth-order valence-electron chi connectivity index (χ4n) is 3.01. The van der Waals surface area contributed by atoms with Gasteiger partial charge in [-0.3, -0.25) is 0 Å². The minimum atomic E-state index is 0.0108. The molecule has 15 heavy (non-hydrogen) atoms. The summed E-state index contributed by atoms with van der Waals surface area (Å²) in [6.45, 7) is 1.75. The van der Waals surface area contributed by atoms with Crippen molar-refractivity contribution in [3.63, 3.8) is 0 Å². The molecule has 0 amide bonds. The molecule has 2 aliphatic carbocycles. The molecular formula is C13H25NO. The summed E-state index contributed by atoms with van der Waals surface area (Å²) in [6, 6.07) is 0. The number of rotatable bonds is 4. The van der Waals surface area contributed by atoms with Crippen LogP contribution in [0.5, 0.6) is 0 Å². The maximum Gasteiger partial charge on any atom is 0.0646 e. The molecule has 2 heteroatoms. The zero-order valence-electron chi connectivity index (χ0n) is 9.84. The Morgan fingerprint density at radius 3 is 2.33 bits per heavy atom. The summed E-state index contributed by atoms with van der Waals surface area (Å²) in [6.07, 6.45) is 11.8. The first-order valence-corrected chi connectivity index (χ1v) is 6.65. The first kappa shape index (κ1) is 11.4. The predicted molar refractivity (Wildman–Crippen MR) is 62.8 cm³/mol. The van der Waals surface area contributed by atoms with Crippen molar-refractivity contribution in [2.45, 2.75) is 63.3 Å². The van der Waals surface area contributed by atoms with Gasteiger partial charge in [-0.1, -0.05) is 32.1 Å². The van der Waals surface area contributed by atoms with E-state index in [-0.39, 0.29) is 5.54 Å². The van der Waals surface area contributed by atoms with Gasteiger partial charge in [0.25, 0.3) is 0 Å². The molecule has 0 aromatic rings. The van der Waals surface area contributed by atoms with Crippen molar-refractivity contribution in [3.8, 4) is 0 Å². The Kier molecular flexibility index (Phi) is 4.04. The van der Waals surface area contributed by atoms with Crippen molar-refractivity contribution >= 4 is 0 Å². The van der Waals surface area contributed by atoms with Crippen molar-refractivity contribution in [3.05, 3.63) is 0 Å². The van der Waals surface area contributed by atoms with Crippen LogP contribution in [0.3, 0.4) is 0 Å². The highest BCUT2D eigenvalue weighted by molar-refractivity contribution is 4.87. The topological polar surface area (TPSA) is 35.2 Å². The largest absolute Gasteiger partial charge is 0.379 e. The summed E-state index contributed by atoms with van der Waals surface area (Å²) >= 11 is 0. The van der Waals surface area contributed by atoms with E-state index in [0.717, 1.165) is 32.0 Å². The fourth-order valence-corrected chi connectivity index (χ4v) is 3.01. The minimum Gasteiger partial charge on any atom is -0.379 e. The molecule has 2 saturated carbocycles. The highest BCUT2D eigenvalue weighted by Gasteiger charge is 2.28. The Morgan fingerprint density at radius 2 is 1.67 bits per heavy atom. The molecule has 0 aromatic heterocycles. The summed E-state index contributed by atoms with van der Waals surface area (Å²) in [7, 11) is 0. The molecule has 2 nitrogen and oxygen atoms in total. The normalized spacial score (nSPS) is 27.0. The zero-order valence-corrected chi connectivity index (χ0v) is 9.84. The lowest BCUT2D eigenvalue weighted by atomic mass is 9.83. The van der Waals surface area contributed by atoms with Crippen LogP contribution in [0.25, 0.3) is 0 Å². The van der Waals surface area contributed by atoms with Gasteiger partial charge in [0.1, 0.15) is 0 Å². The third kappa shape index (κ3) is 3.46. The van der Waals surface area contributed by atoms with E-state index in [2.05, 4.69) is 0 Å². The highest BCUT2D eigenvalue weighted by atomic mass is 16.5. The fraction of sp³-hybridized carbons (Fsp3) is 1.00. The maximum atomic E-state index is 6.32. The monoisotopic (exact) mass is 211 g/mol. The van der Waals surface area contributed by atoms with Gasteiger partial charge < -0.3 is 10.5 Å². The van der Waals surface area contributed by atoms with Crippen LogP contribution in [-0.2, 0) is 4.74 Å². The van der Waals surface area contributed by atoms with Crippen LogP contribution >= 0.6 is 0 Å². The number of ether oxygens (including phenoxy) is 1. The molecule has 2 aliphatic rings. The Balaban J connectivity index is 1.63. The maximum absolute atomic E-state index is 6.32. The van der Waals surface area contributed by atoms with Gasteiger partial charge in [-0.2, -0.15) is 0 Å². The van der Waals surface area contributed by atoms with E-state index < -0.39 is 0 Å². The van der Waals surface area contributed by atoms with Crippen molar-refractivity contribution in [1.82, 2.24) is 0 Å². The number of hydrogen-bond donors (Lipinski definition) is 1. The van der Waals surface area contributed by atoms with Crippen LogP contribution in [0, 0.1) is 5.92 Å². The molecule has 2 N–H and O–H groups in total. The molecule has 0 aliphatic heterocycles. The molecule has 0 spiro atoms. The van der Waals surface area contributed by atoms with Gasteiger partial charge in [0.05, 0.1) is 6.61 Å². The van der Waals surface area contributed by atoms with Gasteiger partial charge in [0.2, 0.25) is 0 Å².